The third-order valence-electron chi connectivity index (χ3n) is 4.87. The number of anilines is 1. The zero-order valence-corrected chi connectivity index (χ0v) is 13.1. The Morgan fingerprint density at radius 2 is 2.27 bits per heavy atom. The number of aliphatic hydroxyl groups excluding tert-OH is 1. The molecule has 116 valence electrons. The van der Waals surface area contributed by atoms with E-state index in [4.69, 9.17) is 4.98 Å². The van der Waals surface area contributed by atoms with Crippen molar-refractivity contribution in [1.29, 1.82) is 0 Å². The van der Waals surface area contributed by atoms with Crippen LogP contribution in [0.1, 0.15) is 19.3 Å². The van der Waals surface area contributed by atoms with E-state index in [1.165, 1.54) is 0 Å². The van der Waals surface area contributed by atoms with Gasteiger partial charge >= 0.3 is 0 Å². The van der Waals surface area contributed by atoms with E-state index < -0.39 is 11.5 Å². The zero-order valence-electron chi connectivity index (χ0n) is 12.3. The van der Waals surface area contributed by atoms with E-state index in [1.807, 2.05) is 18.2 Å². The number of carbonyl (C=O) groups excluding carboxylic acids is 1. The van der Waals surface area contributed by atoms with E-state index >= 15 is 0 Å². The van der Waals surface area contributed by atoms with E-state index in [9.17, 15) is 9.90 Å². The fourth-order valence-electron chi connectivity index (χ4n) is 3.60. The van der Waals surface area contributed by atoms with Gasteiger partial charge < -0.3 is 15.3 Å². The lowest BCUT2D eigenvalue weighted by Crippen LogP contribution is -2.61. The average molecular weight is 317 g/mol. The van der Waals surface area contributed by atoms with Crippen LogP contribution in [0.4, 0.5) is 5.13 Å². The van der Waals surface area contributed by atoms with Crippen LogP contribution in [0.5, 0.6) is 0 Å². The molecule has 5 nitrogen and oxygen atoms in total. The number of amides is 1. The third-order valence-corrected chi connectivity index (χ3v) is 5.97. The van der Waals surface area contributed by atoms with Crippen LogP contribution in [-0.4, -0.2) is 41.7 Å². The largest absolute Gasteiger partial charge is 0.392 e. The average Bonchev–Trinajstić information content (AvgIpc) is 2.96. The monoisotopic (exact) mass is 317 g/mol. The Bertz CT molecular complexity index is 683. The van der Waals surface area contributed by atoms with Gasteiger partial charge in [-0.2, -0.15) is 0 Å². The van der Waals surface area contributed by atoms with Crippen LogP contribution in [0.25, 0.3) is 10.2 Å². The Balaban J connectivity index is 1.67. The van der Waals surface area contributed by atoms with Gasteiger partial charge in [-0.25, -0.2) is 4.98 Å². The summed E-state index contributed by atoms with van der Waals surface area (Å²) in [5, 5.41) is 14.3. The van der Waals surface area contributed by atoms with Gasteiger partial charge in [-0.05, 0) is 31.4 Å². The maximum atomic E-state index is 12.4. The summed E-state index contributed by atoms with van der Waals surface area (Å²) < 4.78 is 1.16. The van der Waals surface area contributed by atoms with Gasteiger partial charge in [-0.1, -0.05) is 23.5 Å². The Hall–Kier alpha value is -1.66. The standard InChI is InChI=1S/C16H19N3O2S/c20-13-6-9-19(10-16(13)7-3-8-17-14(16)21)15-18-11-4-1-2-5-12(11)22-15/h1-2,4-5,13,20H,3,6-10H2,(H,17,21)/t13-,16-/m1/s1. The summed E-state index contributed by atoms with van der Waals surface area (Å²) in [5.41, 5.74) is 0.324. The number of benzene rings is 1. The summed E-state index contributed by atoms with van der Waals surface area (Å²) >= 11 is 1.66. The van der Waals surface area contributed by atoms with Gasteiger partial charge in [0.15, 0.2) is 5.13 Å². The van der Waals surface area contributed by atoms with Crippen molar-refractivity contribution in [3.05, 3.63) is 24.3 Å². The fourth-order valence-corrected chi connectivity index (χ4v) is 4.59. The number of carbonyl (C=O) groups is 1. The first-order valence-electron chi connectivity index (χ1n) is 7.76. The zero-order chi connectivity index (χ0) is 15.2. The maximum absolute atomic E-state index is 12.4. The Kier molecular flexibility index (Phi) is 3.31. The lowest BCUT2D eigenvalue weighted by atomic mass is 9.71. The van der Waals surface area contributed by atoms with Gasteiger partial charge in [0, 0.05) is 19.6 Å². The van der Waals surface area contributed by atoms with E-state index in [1.54, 1.807) is 11.3 Å². The summed E-state index contributed by atoms with van der Waals surface area (Å²) in [6, 6.07) is 8.08. The lowest BCUT2D eigenvalue weighted by molar-refractivity contribution is -0.142. The van der Waals surface area contributed by atoms with Gasteiger partial charge in [0.2, 0.25) is 5.91 Å². The fraction of sp³-hybridized carbons (Fsp3) is 0.500. The van der Waals surface area contributed by atoms with Crippen molar-refractivity contribution in [3.8, 4) is 0 Å². The quantitative estimate of drug-likeness (QED) is 0.841. The Morgan fingerprint density at radius 3 is 3.09 bits per heavy atom. The first-order valence-corrected chi connectivity index (χ1v) is 8.58. The molecule has 1 amide bonds. The number of aliphatic hydroxyl groups is 1. The number of rotatable bonds is 1. The van der Waals surface area contributed by atoms with Gasteiger partial charge in [-0.15, -0.1) is 0 Å². The number of aromatic nitrogens is 1. The molecule has 0 aliphatic carbocycles. The molecule has 2 N–H and O–H groups in total. The minimum atomic E-state index is -0.672. The molecule has 2 aliphatic heterocycles. The van der Waals surface area contributed by atoms with Gasteiger partial charge in [0.1, 0.15) is 0 Å². The molecular formula is C16H19N3O2S. The smallest absolute Gasteiger partial charge is 0.230 e. The molecule has 4 rings (SSSR count). The third kappa shape index (κ3) is 2.09. The minimum Gasteiger partial charge on any atom is -0.392 e. The van der Waals surface area contributed by atoms with E-state index in [-0.39, 0.29) is 5.91 Å². The van der Waals surface area contributed by atoms with Gasteiger partial charge in [-0.3, -0.25) is 4.79 Å². The molecule has 0 unspecified atom stereocenters. The molecule has 0 saturated carbocycles. The number of nitrogens with one attached hydrogen (secondary N) is 1. The molecule has 3 heterocycles. The molecule has 0 radical (unpaired) electrons. The highest BCUT2D eigenvalue weighted by Gasteiger charge is 2.50. The molecule has 0 bridgehead atoms. The first-order chi connectivity index (χ1) is 10.7. The number of fused-ring (bicyclic) bond motifs is 1. The van der Waals surface area contributed by atoms with Crippen LogP contribution in [0.15, 0.2) is 24.3 Å². The van der Waals surface area contributed by atoms with Crippen LogP contribution in [0, 0.1) is 5.41 Å². The highest BCUT2D eigenvalue weighted by Crippen LogP contribution is 2.40. The minimum absolute atomic E-state index is 0.00272. The summed E-state index contributed by atoms with van der Waals surface area (Å²) in [6.45, 7) is 2.02. The summed E-state index contributed by atoms with van der Waals surface area (Å²) in [7, 11) is 0. The van der Waals surface area contributed by atoms with E-state index in [2.05, 4.69) is 16.3 Å². The topological polar surface area (TPSA) is 65.5 Å². The molecule has 22 heavy (non-hydrogen) atoms. The molecule has 2 fully saturated rings. The second-order valence-electron chi connectivity index (χ2n) is 6.21. The highest BCUT2D eigenvalue weighted by atomic mass is 32.1. The SMILES string of the molecule is O=C1NCCC[C@]12CN(c1nc3ccccc3s1)CC[C@H]2O. The number of thiazole rings is 1. The molecule has 2 saturated heterocycles. The van der Waals surface area contributed by atoms with Crippen LogP contribution in [0.3, 0.4) is 0 Å². The van der Waals surface area contributed by atoms with Crippen molar-refractivity contribution in [2.45, 2.75) is 25.4 Å². The van der Waals surface area contributed by atoms with Crippen LogP contribution < -0.4 is 10.2 Å². The van der Waals surface area contributed by atoms with E-state index in [0.29, 0.717) is 19.5 Å². The van der Waals surface area contributed by atoms with E-state index in [0.717, 1.165) is 34.7 Å². The number of piperidine rings is 2. The summed E-state index contributed by atoms with van der Waals surface area (Å²) in [5.74, 6) is -0.00272. The number of hydrogen-bond donors (Lipinski definition) is 2. The van der Waals surface area contributed by atoms with Gasteiger partial charge in [0.25, 0.3) is 0 Å². The molecule has 1 aromatic carbocycles. The molecule has 6 heteroatoms. The Labute approximate surface area is 133 Å². The number of para-hydroxylation sites is 1. The van der Waals surface area contributed by atoms with Crippen molar-refractivity contribution in [2.24, 2.45) is 5.41 Å². The number of hydrogen-bond acceptors (Lipinski definition) is 5. The normalized spacial score (nSPS) is 29.0. The Morgan fingerprint density at radius 1 is 1.41 bits per heavy atom. The number of nitrogens with zero attached hydrogens (tertiary/aromatic N) is 2. The van der Waals surface area contributed by atoms with Gasteiger partial charge in [0.05, 0.1) is 21.7 Å². The van der Waals surface area contributed by atoms with Crippen molar-refractivity contribution in [3.63, 3.8) is 0 Å². The van der Waals surface area contributed by atoms with Crippen LogP contribution in [-0.2, 0) is 4.79 Å². The van der Waals surface area contributed by atoms with Crippen molar-refractivity contribution in [1.82, 2.24) is 10.3 Å². The maximum Gasteiger partial charge on any atom is 0.230 e. The van der Waals surface area contributed by atoms with Crippen molar-refractivity contribution < 1.29 is 9.90 Å². The molecule has 1 aromatic heterocycles. The van der Waals surface area contributed by atoms with Crippen molar-refractivity contribution >= 4 is 32.6 Å². The predicted octanol–water partition coefficient (Wildman–Crippen LogP) is 1.76. The van der Waals surface area contributed by atoms with Crippen LogP contribution in [0.2, 0.25) is 0 Å². The lowest BCUT2D eigenvalue weighted by Gasteiger charge is -2.46. The first kappa shape index (κ1) is 14.0. The molecule has 2 aliphatic rings. The molecule has 2 aromatic rings. The highest BCUT2D eigenvalue weighted by molar-refractivity contribution is 7.22. The second-order valence-corrected chi connectivity index (χ2v) is 7.21. The van der Waals surface area contributed by atoms with Crippen molar-refractivity contribution in [2.75, 3.05) is 24.5 Å². The molecule has 2 atom stereocenters. The molecular weight excluding hydrogens is 298 g/mol. The molecule has 1 spiro atoms. The summed E-state index contributed by atoms with van der Waals surface area (Å²) in [6.07, 6.45) is 1.74. The van der Waals surface area contributed by atoms with Crippen LogP contribution >= 0.6 is 11.3 Å². The second kappa shape index (κ2) is 5.21. The summed E-state index contributed by atoms with van der Waals surface area (Å²) in [4.78, 5) is 19.3. The predicted molar refractivity (Wildman–Crippen MR) is 87.1 cm³/mol.